The Labute approximate surface area is 129 Å². The van der Waals surface area contributed by atoms with Crippen LogP contribution in [0.25, 0.3) is 0 Å². The molecule has 2 aliphatic rings. The zero-order chi connectivity index (χ0) is 15.5. The van der Waals surface area contributed by atoms with E-state index in [9.17, 15) is 9.90 Å². The molecule has 0 bridgehead atoms. The van der Waals surface area contributed by atoms with Gasteiger partial charge < -0.3 is 10.4 Å². The van der Waals surface area contributed by atoms with Gasteiger partial charge in [-0.2, -0.15) is 0 Å². The lowest BCUT2D eigenvalue weighted by atomic mass is 9.69. The van der Waals surface area contributed by atoms with Gasteiger partial charge in [0.15, 0.2) is 0 Å². The van der Waals surface area contributed by atoms with Crippen molar-refractivity contribution in [1.29, 1.82) is 0 Å². The zero-order valence-electron chi connectivity index (χ0n) is 14.0. The molecular weight excluding hydrogens is 262 g/mol. The van der Waals surface area contributed by atoms with Gasteiger partial charge in [-0.15, -0.1) is 0 Å². The summed E-state index contributed by atoms with van der Waals surface area (Å²) in [6.07, 6.45) is 9.47. The summed E-state index contributed by atoms with van der Waals surface area (Å²) >= 11 is 0. The largest absolute Gasteiger partial charge is 0.481 e. The summed E-state index contributed by atoms with van der Waals surface area (Å²) in [6, 6.07) is 0.579. The lowest BCUT2D eigenvalue weighted by molar-refractivity contribution is -0.144. The third-order valence-electron chi connectivity index (χ3n) is 5.75. The summed E-state index contributed by atoms with van der Waals surface area (Å²) in [4.78, 5) is 11.4. The highest BCUT2D eigenvalue weighted by Gasteiger charge is 2.36. The van der Waals surface area contributed by atoms with Crippen LogP contribution in [-0.4, -0.2) is 23.7 Å². The Kier molecular flexibility index (Phi) is 5.70. The lowest BCUT2D eigenvalue weighted by Gasteiger charge is -2.42. The van der Waals surface area contributed by atoms with Gasteiger partial charge in [-0.3, -0.25) is 4.79 Å². The number of hydrogen-bond acceptors (Lipinski definition) is 2. The monoisotopic (exact) mass is 295 g/mol. The normalized spacial score (nSPS) is 34.6. The van der Waals surface area contributed by atoms with Gasteiger partial charge in [0.2, 0.25) is 0 Å². The van der Waals surface area contributed by atoms with E-state index in [0.29, 0.717) is 17.4 Å². The first-order valence-corrected chi connectivity index (χ1v) is 8.86. The topological polar surface area (TPSA) is 49.3 Å². The van der Waals surface area contributed by atoms with Crippen molar-refractivity contribution in [2.75, 3.05) is 6.54 Å². The molecular formula is C18H33NO2. The first-order chi connectivity index (χ1) is 9.89. The Morgan fingerprint density at radius 1 is 1.05 bits per heavy atom. The number of carbonyl (C=O) groups is 1. The molecule has 21 heavy (non-hydrogen) atoms. The molecule has 0 aromatic carbocycles. The van der Waals surface area contributed by atoms with Gasteiger partial charge >= 0.3 is 5.97 Å². The van der Waals surface area contributed by atoms with Crippen molar-refractivity contribution in [2.24, 2.45) is 23.2 Å². The van der Waals surface area contributed by atoms with Crippen molar-refractivity contribution in [3.63, 3.8) is 0 Å². The van der Waals surface area contributed by atoms with E-state index < -0.39 is 5.97 Å². The van der Waals surface area contributed by atoms with Crippen molar-refractivity contribution in [3.05, 3.63) is 0 Å². The summed E-state index contributed by atoms with van der Waals surface area (Å²) in [5.41, 5.74) is 0.344. The number of aliphatic carboxylic acids is 1. The van der Waals surface area contributed by atoms with E-state index >= 15 is 0 Å². The van der Waals surface area contributed by atoms with Crippen molar-refractivity contribution in [3.8, 4) is 0 Å². The maximum atomic E-state index is 11.4. The van der Waals surface area contributed by atoms with Crippen LogP contribution >= 0.6 is 0 Å². The fraction of sp³-hybridized carbons (Fsp3) is 0.944. The summed E-state index contributed by atoms with van der Waals surface area (Å²) in [5.74, 6) is 0.345. The molecule has 0 aromatic heterocycles. The first-order valence-electron chi connectivity index (χ1n) is 8.86. The fourth-order valence-corrected chi connectivity index (χ4v) is 4.49. The maximum Gasteiger partial charge on any atom is 0.306 e. The quantitative estimate of drug-likeness (QED) is 0.822. The summed E-state index contributed by atoms with van der Waals surface area (Å²) in [6.45, 7) is 7.93. The molecule has 4 unspecified atom stereocenters. The Bertz CT molecular complexity index is 348. The van der Waals surface area contributed by atoms with E-state index in [1.807, 2.05) is 0 Å². The second-order valence-corrected chi connectivity index (χ2v) is 8.26. The van der Waals surface area contributed by atoms with Crippen LogP contribution in [0.1, 0.15) is 72.1 Å². The summed E-state index contributed by atoms with van der Waals surface area (Å²) in [5, 5.41) is 13.2. The van der Waals surface area contributed by atoms with Gasteiger partial charge in [0.25, 0.3) is 0 Å². The van der Waals surface area contributed by atoms with E-state index in [-0.39, 0.29) is 5.92 Å². The predicted octanol–water partition coefficient (Wildman–Crippen LogP) is 4.07. The maximum absolute atomic E-state index is 11.4. The minimum Gasteiger partial charge on any atom is -0.481 e. The van der Waals surface area contributed by atoms with Gasteiger partial charge in [-0.25, -0.2) is 0 Å². The molecule has 4 atom stereocenters. The van der Waals surface area contributed by atoms with Crippen molar-refractivity contribution in [1.82, 2.24) is 5.32 Å². The molecule has 3 heteroatoms. The molecule has 0 aliphatic heterocycles. The zero-order valence-corrected chi connectivity index (χ0v) is 14.0. The minimum absolute atomic E-state index is 0.122. The molecule has 0 heterocycles. The van der Waals surface area contributed by atoms with Crippen LogP contribution in [0.3, 0.4) is 0 Å². The minimum atomic E-state index is -0.586. The Morgan fingerprint density at radius 2 is 1.67 bits per heavy atom. The average Bonchev–Trinajstić information content (AvgIpc) is 2.44. The second-order valence-electron chi connectivity index (χ2n) is 8.26. The van der Waals surface area contributed by atoms with Gasteiger partial charge in [0, 0.05) is 6.04 Å². The number of carboxylic acid groups (broad SMARTS) is 1. The number of carboxylic acids is 1. The van der Waals surface area contributed by atoms with Crippen molar-refractivity contribution >= 4 is 5.97 Å². The molecule has 0 aromatic rings. The molecule has 2 aliphatic carbocycles. The van der Waals surface area contributed by atoms with Crippen LogP contribution in [0.5, 0.6) is 0 Å². The lowest BCUT2D eigenvalue weighted by Crippen LogP contribution is -2.47. The van der Waals surface area contributed by atoms with Crippen LogP contribution in [0.15, 0.2) is 0 Å². The van der Waals surface area contributed by atoms with Crippen LogP contribution in [-0.2, 0) is 4.79 Å². The molecule has 0 radical (unpaired) electrons. The van der Waals surface area contributed by atoms with Crippen LogP contribution in [0, 0.1) is 23.2 Å². The highest BCUT2D eigenvalue weighted by Crippen LogP contribution is 2.38. The van der Waals surface area contributed by atoms with E-state index in [1.54, 1.807) is 0 Å². The molecule has 0 spiro atoms. The summed E-state index contributed by atoms with van der Waals surface area (Å²) < 4.78 is 0. The van der Waals surface area contributed by atoms with Gasteiger partial charge in [0.1, 0.15) is 0 Å². The molecule has 2 saturated carbocycles. The Hall–Kier alpha value is -0.570. The average molecular weight is 295 g/mol. The standard InChI is InChI=1S/C18H33NO2/c1-18(2,3)15-10-6-7-11-16(15)19-12-13-8-4-5-9-14(13)17(20)21/h13-16,19H,4-12H2,1-3H3,(H,20,21). The second kappa shape index (κ2) is 7.13. The molecule has 2 N–H and O–H groups in total. The van der Waals surface area contributed by atoms with E-state index in [1.165, 1.54) is 32.1 Å². The van der Waals surface area contributed by atoms with Gasteiger partial charge in [-0.1, -0.05) is 46.5 Å². The van der Waals surface area contributed by atoms with E-state index in [2.05, 4.69) is 26.1 Å². The van der Waals surface area contributed by atoms with E-state index in [0.717, 1.165) is 31.7 Å². The summed E-state index contributed by atoms with van der Waals surface area (Å²) in [7, 11) is 0. The van der Waals surface area contributed by atoms with E-state index in [4.69, 9.17) is 0 Å². The number of rotatable bonds is 4. The Morgan fingerprint density at radius 3 is 2.33 bits per heavy atom. The molecule has 122 valence electrons. The smallest absolute Gasteiger partial charge is 0.306 e. The van der Waals surface area contributed by atoms with Crippen molar-refractivity contribution in [2.45, 2.75) is 78.2 Å². The third-order valence-corrected chi connectivity index (χ3v) is 5.75. The van der Waals surface area contributed by atoms with Crippen LogP contribution < -0.4 is 5.32 Å². The third kappa shape index (κ3) is 4.45. The van der Waals surface area contributed by atoms with Gasteiger partial charge in [0.05, 0.1) is 5.92 Å². The van der Waals surface area contributed by atoms with Crippen LogP contribution in [0.4, 0.5) is 0 Å². The highest BCUT2D eigenvalue weighted by atomic mass is 16.4. The fourth-order valence-electron chi connectivity index (χ4n) is 4.49. The number of nitrogens with one attached hydrogen (secondary N) is 1. The molecule has 3 nitrogen and oxygen atoms in total. The predicted molar refractivity (Wildman–Crippen MR) is 86.3 cm³/mol. The van der Waals surface area contributed by atoms with Crippen molar-refractivity contribution < 1.29 is 9.90 Å². The molecule has 0 amide bonds. The van der Waals surface area contributed by atoms with Crippen LogP contribution in [0.2, 0.25) is 0 Å². The molecule has 0 saturated heterocycles. The molecule has 2 rings (SSSR count). The highest BCUT2D eigenvalue weighted by molar-refractivity contribution is 5.70. The Balaban J connectivity index is 1.92. The van der Waals surface area contributed by atoms with Gasteiger partial charge in [-0.05, 0) is 49.5 Å². The first kappa shape index (κ1) is 16.8. The SMILES string of the molecule is CC(C)(C)C1CCCCC1NCC1CCCCC1C(=O)O. The molecule has 2 fully saturated rings. The number of hydrogen-bond donors (Lipinski definition) is 2.